The van der Waals surface area contributed by atoms with Crippen LogP contribution in [0.3, 0.4) is 0 Å². The Morgan fingerprint density at radius 2 is 1.89 bits per heavy atom. The molecule has 3 nitrogen and oxygen atoms in total. The summed E-state index contributed by atoms with van der Waals surface area (Å²) in [5, 5.41) is 0.753. The number of benzene rings is 2. The van der Waals surface area contributed by atoms with Crippen molar-refractivity contribution >= 4 is 11.0 Å². The quantitative estimate of drug-likeness (QED) is 0.404. The standard InChI is InChI=1S/C22H19F3O3/c1-14(2)6-7-16-11-17-8-9-21(26)28-20(17)12-19(16)27-13-15-4-3-5-18(10-15)22(23,24)25/h3-6,8-12H,7,13H2,1-2H3. The Balaban J connectivity index is 1.93. The summed E-state index contributed by atoms with van der Waals surface area (Å²) in [5.74, 6) is 0.469. The maximum atomic E-state index is 12.9. The molecule has 0 N–H and O–H groups in total. The molecule has 1 heterocycles. The Bertz CT molecular complexity index is 1070. The van der Waals surface area contributed by atoms with E-state index in [4.69, 9.17) is 9.15 Å². The van der Waals surface area contributed by atoms with Crippen LogP contribution in [0, 0.1) is 0 Å². The number of alkyl halides is 3. The summed E-state index contributed by atoms with van der Waals surface area (Å²) >= 11 is 0. The third-order valence-corrected chi connectivity index (χ3v) is 4.18. The number of hydrogen-bond acceptors (Lipinski definition) is 3. The zero-order valence-electron chi connectivity index (χ0n) is 15.5. The topological polar surface area (TPSA) is 39.4 Å². The van der Waals surface area contributed by atoms with Crippen LogP contribution in [0.2, 0.25) is 0 Å². The number of fused-ring (bicyclic) bond motifs is 1. The molecule has 6 heteroatoms. The van der Waals surface area contributed by atoms with Crippen molar-refractivity contribution in [3.8, 4) is 5.75 Å². The molecule has 0 radical (unpaired) electrons. The third-order valence-electron chi connectivity index (χ3n) is 4.18. The van der Waals surface area contributed by atoms with Crippen molar-refractivity contribution < 1.29 is 22.3 Å². The van der Waals surface area contributed by atoms with Crippen LogP contribution in [0.4, 0.5) is 13.2 Å². The summed E-state index contributed by atoms with van der Waals surface area (Å²) in [6.07, 6.45) is -1.79. The molecular weight excluding hydrogens is 369 g/mol. The second-order valence-electron chi connectivity index (χ2n) is 6.72. The van der Waals surface area contributed by atoms with Crippen molar-refractivity contribution in [1.82, 2.24) is 0 Å². The van der Waals surface area contributed by atoms with E-state index in [1.54, 1.807) is 18.2 Å². The number of hydrogen-bond donors (Lipinski definition) is 0. The van der Waals surface area contributed by atoms with E-state index in [9.17, 15) is 18.0 Å². The smallest absolute Gasteiger partial charge is 0.416 e. The van der Waals surface area contributed by atoms with Gasteiger partial charge in [-0.05, 0) is 55.7 Å². The zero-order valence-corrected chi connectivity index (χ0v) is 15.5. The molecule has 1 aromatic heterocycles. The molecule has 0 spiro atoms. The van der Waals surface area contributed by atoms with Gasteiger partial charge < -0.3 is 9.15 Å². The second kappa shape index (κ2) is 7.92. The molecule has 0 unspecified atom stereocenters. The molecule has 0 fully saturated rings. The molecule has 28 heavy (non-hydrogen) atoms. The highest BCUT2D eigenvalue weighted by Gasteiger charge is 2.30. The molecule has 2 aromatic carbocycles. The maximum Gasteiger partial charge on any atom is 0.416 e. The number of allylic oxidation sites excluding steroid dienone is 2. The Morgan fingerprint density at radius 3 is 2.61 bits per heavy atom. The molecule has 3 rings (SSSR count). The lowest BCUT2D eigenvalue weighted by Gasteiger charge is -2.13. The van der Waals surface area contributed by atoms with Crippen molar-refractivity contribution in [3.63, 3.8) is 0 Å². The molecule has 0 aliphatic carbocycles. The zero-order chi connectivity index (χ0) is 20.3. The molecule has 0 atom stereocenters. The van der Waals surface area contributed by atoms with Crippen molar-refractivity contribution in [1.29, 1.82) is 0 Å². The SMILES string of the molecule is CC(C)=CCc1cc2ccc(=O)oc2cc1OCc1cccc(C(F)(F)F)c1. The van der Waals surface area contributed by atoms with E-state index >= 15 is 0 Å². The van der Waals surface area contributed by atoms with Crippen LogP contribution in [0.5, 0.6) is 5.75 Å². The van der Waals surface area contributed by atoms with E-state index in [1.807, 2.05) is 26.0 Å². The minimum absolute atomic E-state index is 0.0334. The van der Waals surface area contributed by atoms with Crippen LogP contribution in [0.1, 0.15) is 30.5 Å². The monoisotopic (exact) mass is 388 g/mol. The van der Waals surface area contributed by atoms with Crippen LogP contribution in [-0.2, 0) is 19.2 Å². The fourth-order valence-corrected chi connectivity index (χ4v) is 2.75. The molecule has 0 saturated carbocycles. The lowest BCUT2D eigenvalue weighted by molar-refractivity contribution is -0.137. The van der Waals surface area contributed by atoms with E-state index < -0.39 is 17.4 Å². The van der Waals surface area contributed by atoms with Crippen molar-refractivity contribution in [2.24, 2.45) is 0 Å². The van der Waals surface area contributed by atoms with Crippen LogP contribution in [0.25, 0.3) is 11.0 Å². The van der Waals surface area contributed by atoms with Gasteiger partial charge in [0.2, 0.25) is 0 Å². The van der Waals surface area contributed by atoms with Gasteiger partial charge in [0.1, 0.15) is 17.9 Å². The van der Waals surface area contributed by atoms with E-state index in [0.29, 0.717) is 23.3 Å². The highest BCUT2D eigenvalue weighted by atomic mass is 19.4. The molecule has 0 aliphatic heterocycles. The van der Waals surface area contributed by atoms with Gasteiger partial charge in [0.15, 0.2) is 0 Å². The summed E-state index contributed by atoms with van der Waals surface area (Å²) < 4.78 is 49.7. The van der Waals surface area contributed by atoms with E-state index in [2.05, 4.69) is 0 Å². The van der Waals surface area contributed by atoms with Gasteiger partial charge in [0.25, 0.3) is 0 Å². The Kier molecular flexibility index (Phi) is 5.58. The van der Waals surface area contributed by atoms with Gasteiger partial charge in [-0.1, -0.05) is 23.8 Å². The van der Waals surface area contributed by atoms with Gasteiger partial charge in [-0.3, -0.25) is 0 Å². The maximum absolute atomic E-state index is 12.9. The summed E-state index contributed by atoms with van der Waals surface area (Å²) in [7, 11) is 0. The number of rotatable bonds is 5. The summed E-state index contributed by atoms with van der Waals surface area (Å²) in [6, 6.07) is 11.5. The first-order valence-electron chi connectivity index (χ1n) is 8.71. The van der Waals surface area contributed by atoms with Gasteiger partial charge in [0, 0.05) is 17.5 Å². The Hall–Kier alpha value is -3.02. The van der Waals surface area contributed by atoms with E-state index in [0.717, 1.165) is 28.7 Å². The lowest BCUT2D eigenvalue weighted by Crippen LogP contribution is -2.06. The van der Waals surface area contributed by atoms with Crippen LogP contribution in [0.15, 0.2) is 69.4 Å². The van der Waals surface area contributed by atoms with Crippen molar-refractivity contribution in [3.05, 3.63) is 87.3 Å². The van der Waals surface area contributed by atoms with E-state index in [-0.39, 0.29) is 6.61 Å². The lowest BCUT2D eigenvalue weighted by atomic mass is 10.1. The largest absolute Gasteiger partial charge is 0.488 e. The Labute approximate surface area is 160 Å². The van der Waals surface area contributed by atoms with Crippen molar-refractivity contribution in [2.75, 3.05) is 0 Å². The molecule has 0 bridgehead atoms. The summed E-state index contributed by atoms with van der Waals surface area (Å²) in [5.41, 5.74) is 1.55. The first-order chi connectivity index (χ1) is 13.2. The fraction of sp³-hybridized carbons (Fsp3) is 0.227. The molecule has 3 aromatic rings. The molecule has 0 amide bonds. The first kappa shape index (κ1) is 19.7. The van der Waals surface area contributed by atoms with Gasteiger partial charge in [-0.15, -0.1) is 0 Å². The minimum Gasteiger partial charge on any atom is -0.488 e. The highest BCUT2D eigenvalue weighted by Crippen LogP contribution is 2.31. The minimum atomic E-state index is -4.41. The predicted molar refractivity (Wildman–Crippen MR) is 101 cm³/mol. The van der Waals surface area contributed by atoms with Gasteiger partial charge in [0.05, 0.1) is 5.56 Å². The second-order valence-corrected chi connectivity index (χ2v) is 6.72. The third kappa shape index (κ3) is 4.82. The van der Waals surface area contributed by atoms with Crippen LogP contribution < -0.4 is 10.4 Å². The summed E-state index contributed by atoms with van der Waals surface area (Å²) in [4.78, 5) is 11.5. The molecular formula is C22H19F3O3. The van der Waals surface area contributed by atoms with Gasteiger partial charge in [-0.2, -0.15) is 13.2 Å². The molecule has 0 aliphatic rings. The van der Waals surface area contributed by atoms with Gasteiger partial charge in [-0.25, -0.2) is 4.79 Å². The average molecular weight is 388 g/mol. The average Bonchev–Trinajstić information content (AvgIpc) is 2.64. The number of halogens is 3. The Morgan fingerprint density at radius 1 is 1.11 bits per heavy atom. The van der Waals surface area contributed by atoms with Gasteiger partial charge >= 0.3 is 11.8 Å². The molecule has 146 valence electrons. The predicted octanol–water partition coefficient (Wildman–Crippen LogP) is 5.90. The first-order valence-corrected chi connectivity index (χ1v) is 8.71. The van der Waals surface area contributed by atoms with Crippen LogP contribution >= 0.6 is 0 Å². The number of ether oxygens (including phenoxy) is 1. The molecule has 0 saturated heterocycles. The van der Waals surface area contributed by atoms with Crippen LogP contribution in [-0.4, -0.2) is 0 Å². The van der Waals surface area contributed by atoms with E-state index in [1.165, 1.54) is 12.1 Å². The fourth-order valence-electron chi connectivity index (χ4n) is 2.75. The highest BCUT2D eigenvalue weighted by molar-refractivity contribution is 5.79. The van der Waals surface area contributed by atoms with Crippen molar-refractivity contribution in [2.45, 2.75) is 33.1 Å². The summed E-state index contributed by atoms with van der Waals surface area (Å²) in [6.45, 7) is 3.92. The normalized spacial score (nSPS) is 11.5.